The molecule has 1 aromatic heterocycles. The number of nitrogens with two attached hydrogens (primary N) is 1. The first-order valence-electron chi connectivity index (χ1n) is 6.08. The lowest BCUT2D eigenvalue weighted by molar-refractivity contribution is 0.305. The van der Waals surface area contributed by atoms with Crippen LogP contribution in [0.5, 0.6) is 5.75 Å². The van der Waals surface area contributed by atoms with Crippen LogP contribution in [0.2, 0.25) is 0 Å². The Hall–Kier alpha value is -1.32. The maximum absolute atomic E-state index is 5.83. The molecule has 0 unspecified atom stereocenters. The zero-order valence-corrected chi connectivity index (χ0v) is 11.9. The lowest BCUT2D eigenvalue weighted by atomic mass is 10.1. The van der Waals surface area contributed by atoms with Crippen molar-refractivity contribution in [2.24, 2.45) is 5.73 Å². The van der Waals surface area contributed by atoms with Crippen LogP contribution in [0.4, 0.5) is 0 Å². The molecule has 0 aliphatic rings. The molecule has 0 saturated heterocycles. The van der Waals surface area contributed by atoms with Crippen LogP contribution >= 0.6 is 11.3 Å². The minimum Gasteiger partial charge on any atom is -0.489 e. The van der Waals surface area contributed by atoms with Crippen molar-refractivity contribution in [3.8, 4) is 5.75 Å². The Balaban J connectivity index is 2.06. The van der Waals surface area contributed by atoms with E-state index in [0.717, 1.165) is 5.75 Å². The molecule has 1 heterocycles. The largest absolute Gasteiger partial charge is 0.489 e. The van der Waals surface area contributed by atoms with Gasteiger partial charge in [0.05, 0.1) is 0 Å². The summed E-state index contributed by atoms with van der Waals surface area (Å²) < 4.78 is 5.83. The van der Waals surface area contributed by atoms with Crippen LogP contribution in [-0.2, 0) is 13.2 Å². The first-order chi connectivity index (χ1) is 8.60. The van der Waals surface area contributed by atoms with Gasteiger partial charge in [-0.05, 0) is 50.1 Å². The summed E-state index contributed by atoms with van der Waals surface area (Å²) in [4.78, 5) is 2.51. The minimum absolute atomic E-state index is 0.606. The quantitative estimate of drug-likeness (QED) is 0.910. The summed E-state index contributed by atoms with van der Waals surface area (Å²) in [5, 5.41) is 0. The van der Waals surface area contributed by atoms with E-state index in [4.69, 9.17) is 10.5 Å². The molecule has 96 valence electrons. The fraction of sp³-hybridized carbons (Fsp3) is 0.333. The molecule has 2 aromatic rings. The standard InChI is InChI=1S/C15H19NOS/c1-10-4-5-14(6-11(10)2)17-9-13-7-15(8-16)18-12(13)3/h4-7H,8-9,16H2,1-3H3. The molecule has 2 nitrogen and oxygen atoms in total. The highest BCUT2D eigenvalue weighted by atomic mass is 32.1. The molecule has 0 atom stereocenters. The van der Waals surface area contributed by atoms with Crippen molar-refractivity contribution in [2.45, 2.75) is 33.9 Å². The third kappa shape index (κ3) is 2.92. The van der Waals surface area contributed by atoms with Crippen molar-refractivity contribution < 1.29 is 4.74 Å². The Labute approximate surface area is 112 Å². The summed E-state index contributed by atoms with van der Waals surface area (Å²) in [7, 11) is 0. The van der Waals surface area contributed by atoms with Gasteiger partial charge in [0.15, 0.2) is 0 Å². The van der Waals surface area contributed by atoms with E-state index in [9.17, 15) is 0 Å². The number of hydrogen-bond donors (Lipinski definition) is 1. The van der Waals surface area contributed by atoms with Crippen molar-refractivity contribution in [3.05, 3.63) is 50.7 Å². The molecule has 0 radical (unpaired) electrons. The molecule has 0 fully saturated rings. The van der Waals surface area contributed by atoms with E-state index in [-0.39, 0.29) is 0 Å². The van der Waals surface area contributed by atoms with E-state index < -0.39 is 0 Å². The van der Waals surface area contributed by atoms with Gasteiger partial charge in [-0.25, -0.2) is 0 Å². The first kappa shape index (κ1) is 13.1. The van der Waals surface area contributed by atoms with Crippen LogP contribution in [0.1, 0.15) is 26.4 Å². The van der Waals surface area contributed by atoms with Gasteiger partial charge in [0.1, 0.15) is 12.4 Å². The Kier molecular flexibility index (Phi) is 4.04. The van der Waals surface area contributed by atoms with Crippen LogP contribution in [0.25, 0.3) is 0 Å². The van der Waals surface area contributed by atoms with E-state index in [2.05, 4.69) is 39.0 Å². The van der Waals surface area contributed by atoms with Gasteiger partial charge in [-0.15, -0.1) is 11.3 Å². The van der Waals surface area contributed by atoms with E-state index in [1.807, 2.05) is 6.07 Å². The van der Waals surface area contributed by atoms with Crippen LogP contribution in [0.15, 0.2) is 24.3 Å². The van der Waals surface area contributed by atoms with E-state index in [0.29, 0.717) is 13.2 Å². The molecule has 18 heavy (non-hydrogen) atoms. The topological polar surface area (TPSA) is 35.2 Å². The zero-order chi connectivity index (χ0) is 13.1. The van der Waals surface area contributed by atoms with Gasteiger partial charge in [0.25, 0.3) is 0 Å². The summed E-state index contributed by atoms with van der Waals surface area (Å²) in [5.41, 5.74) is 9.43. The van der Waals surface area contributed by atoms with Crippen molar-refractivity contribution >= 4 is 11.3 Å². The number of hydrogen-bond acceptors (Lipinski definition) is 3. The number of benzene rings is 1. The molecule has 0 bridgehead atoms. The van der Waals surface area contributed by atoms with Gasteiger partial charge in [-0.1, -0.05) is 6.07 Å². The smallest absolute Gasteiger partial charge is 0.120 e. The highest BCUT2D eigenvalue weighted by Gasteiger charge is 2.05. The van der Waals surface area contributed by atoms with Crippen LogP contribution in [-0.4, -0.2) is 0 Å². The second-order valence-corrected chi connectivity index (χ2v) is 5.87. The molecule has 0 aliphatic heterocycles. The second-order valence-electron chi connectivity index (χ2n) is 4.53. The summed E-state index contributed by atoms with van der Waals surface area (Å²) >= 11 is 1.75. The Morgan fingerprint density at radius 2 is 1.89 bits per heavy atom. The Morgan fingerprint density at radius 3 is 2.50 bits per heavy atom. The fourth-order valence-corrected chi connectivity index (χ4v) is 2.72. The summed E-state index contributed by atoms with van der Waals surface area (Å²) in [6.07, 6.45) is 0. The molecule has 3 heteroatoms. The van der Waals surface area contributed by atoms with Crippen LogP contribution in [0.3, 0.4) is 0 Å². The molecule has 0 spiro atoms. The molecule has 0 amide bonds. The van der Waals surface area contributed by atoms with Crippen molar-refractivity contribution in [3.63, 3.8) is 0 Å². The zero-order valence-electron chi connectivity index (χ0n) is 11.1. The number of ether oxygens (including phenoxy) is 1. The van der Waals surface area contributed by atoms with Crippen molar-refractivity contribution in [2.75, 3.05) is 0 Å². The van der Waals surface area contributed by atoms with E-state index in [1.54, 1.807) is 11.3 Å². The summed E-state index contributed by atoms with van der Waals surface area (Å²) in [5.74, 6) is 0.929. The monoisotopic (exact) mass is 261 g/mol. The maximum Gasteiger partial charge on any atom is 0.120 e. The number of rotatable bonds is 4. The van der Waals surface area contributed by atoms with Gasteiger partial charge >= 0.3 is 0 Å². The fourth-order valence-electron chi connectivity index (χ4n) is 1.80. The average molecular weight is 261 g/mol. The predicted molar refractivity (Wildman–Crippen MR) is 77.2 cm³/mol. The molecule has 0 saturated carbocycles. The average Bonchev–Trinajstić information content (AvgIpc) is 2.72. The summed E-state index contributed by atoms with van der Waals surface area (Å²) in [6.45, 7) is 7.54. The lowest BCUT2D eigenvalue weighted by Crippen LogP contribution is -1.96. The number of thiophene rings is 1. The molecule has 0 aliphatic carbocycles. The summed E-state index contributed by atoms with van der Waals surface area (Å²) in [6, 6.07) is 8.34. The molecule has 1 aromatic carbocycles. The molecular formula is C15H19NOS. The lowest BCUT2D eigenvalue weighted by Gasteiger charge is -2.08. The van der Waals surface area contributed by atoms with Gasteiger partial charge in [0, 0.05) is 21.9 Å². The van der Waals surface area contributed by atoms with Gasteiger partial charge in [-0.2, -0.15) is 0 Å². The normalized spacial score (nSPS) is 10.7. The van der Waals surface area contributed by atoms with Crippen molar-refractivity contribution in [1.82, 2.24) is 0 Å². The molecular weight excluding hydrogens is 242 g/mol. The highest BCUT2D eigenvalue weighted by Crippen LogP contribution is 2.23. The second kappa shape index (κ2) is 5.55. The maximum atomic E-state index is 5.83. The van der Waals surface area contributed by atoms with Gasteiger partial charge < -0.3 is 10.5 Å². The van der Waals surface area contributed by atoms with E-state index >= 15 is 0 Å². The Bertz CT molecular complexity index is 545. The molecule has 2 rings (SSSR count). The first-order valence-corrected chi connectivity index (χ1v) is 6.90. The minimum atomic E-state index is 0.606. The van der Waals surface area contributed by atoms with Gasteiger partial charge in [-0.3, -0.25) is 0 Å². The highest BCUT2D eigenvalue weighted by molar-refractivity contribution is 7.12. The van der Waals surface area contributed by atoms with Crippen molar-refractivity contribution in [1.29, 1.82) is 0 Å². The Morgan fingerprint density at radius 1 is 1.11 bits per heavy atom. The van der Waals surface area contributed by atoms with Gasteiger partial charge in [0.2, 0.25) is 0 Å². The van der Waals surface area contributed by atoms with Crippen LogP contribution in [0, 0.1) is 20.8 Å². The van der Waals surface area contributed by atoms with E-state index in [1.165, 1.54) is 26.4 Å². The number of aryl methyl sites for hydroxylation is 3. The van der Waals surface area contributed by atoms with Crippen LogP contribution < -0.4 is 10.5 Å². The predicted octanol–water partition coefficient (Wildman–Crippen LogP) is 3.71. The third-order valence-electron chi connectivity index (χ3n) is 3.15. The molecule has 2 N–H and O–H groups in total. The SMILES string of the molecule is Cc1ccc(OCc2cc(CN)sc2C)cc1C. The third-order valence-corrected chi connectivity index (χ3v) is 4.26.